The first-order valence-corrected chi connectivity index (χ1v) is 4.77. The molecule has 4 heteroatoms. The van der Waals surface area contributed by atoms with Crippen LogP contribution < -0.4 is 5.73 Å². The molecular formula is C8H14N2OS. The van der Waals surface area contributed by atoms with Crippen molar-refractivity contribution in [3.63, 3.8) is 0 Å². The molecule has 1 rings (SSSR count). The lowest BCUT2D eigenvalue weighted by molar-refractivity contribution is 0.275. The van der Waals surface area contributed by atoms with Crippen molar-refractivity contribution in [3.8, 4) is 0 Å². The summed E-state index contributed by atoms with van der Waals surface area (Å²) in [6.45, 7) is 4.10. The Kier molecular flexibility index (Phi) is 3.20. The molecule has 1 heterocycles. The molecule has 1 aromatic rings. The number of aryl methyl sites for hydroxylation is 2. The first kappa shape index (κ1) is 9.64. The maximum Gasteiger partial charge on any atom is 0.0900 e. The molecule has 0 aromatic carbocycles. The van der Waals surface area contributed by atoms with Crippen molar-refractivity contribution < 1.29 is 5.11 Å². The molecule has 3 nitrogen and oxygen atoms in total. The van der Waals surface area contributed by atoms with E-state index in [2.05, 4.69) is 4.98 Å². The summed E-state index contributed by atoms with van der Waals surface area (Å²) in [5.41, 5.74) is 6.74. The van der Waals surface area contributed by atoms with Gasteiger partial charge in [-0.3, -0.25) is 0 Å². The van der Waals surface area contributed by atoms with E-state index in [9.17, 15) is 0 Å². The number of aliphatic hydroxyl groups is 1. The van der Waals surface area contributed by atoms with E-state index in [-0.39, 0.29) is 12.6 Å². The Morgan fingerprint density at radius 3 is 2.67 bits per heavy atom. The zero-order valence-electron chi connectivity index (χ0n) is 7.37. The van der Waals surface area contributed by atoms with E-state index in [1.54, 1.807) is 11.3 Å². The Morgan fingerprint density at radius 1 is 1.58 bits per heavy atom. The molecule has 0 aliphatic carbocycles. The maximum atomic E-state index is 8.69. The molecule has 0 saturated heterocycles. The SMILES string of the molecule is Cc1nc(C(N)CCO)c(C)s1. The highest BCUT2D eigenvalue weighted by atomic mass is 32.1. The van der Waals surface area contributed by atoms with Gasteiger partial charge in [-0.2, -0.15) is 0 Å². The number of rotatable bonds is 3. The average Bonchev–Trinajstić information content (AvgIpc) is 2.30. The van der Waals surface area contributed by atoms with E-state index < -0.39 is 0 Å². The minimum Gasteiger partial charge on any atom is -0.396 e. The monoisotopic (exact) mass is 186 g/mol. The van der Waals surface area contributed by atoms with Crippen LogP contribution in [-0.4, -0.2) is 16.7 Å². The van der Waals surface area contributed by atoms with Gasteiger partial charge in [-0.15, -0.1) is 11.3 Å². The summed E-state index contributed by atoms with van der Waals surface area (Å²) in [4.78, 5) is 5.47. The van der Waals surface area contributed by atoms with Gasteiger partial charge >= 0.3 is 0 Å². The first-order valence-electron chi connectivity index (χ1n) is 3.95. The molecule has 68 valence electrons. The highest BCUT2D eigenvalue weighted by Gasteiger charge is 2.12. The van der Waals surface area contributed by atoms with Gasteiger partial charge in [-0.25, -0.2) is 4.98 Å². The van der Waals surface area contributed by atoms with Gasteiger partial charge in [-0.1, -0.05) is 0 Å². The molecule has 0 bridgehead atoms. The summed E-state index contributed by atoms with van der Waals surface area (Å²) in [6.07, 6.45) is 0.587. The molecule has 0 saturated carbocycles. The first-order chi connectivity index (χ1) is 5.65. The lowest BCUT2D eigenvalue weighted by atomic mass is 10.1. The van der Waals surface area contributed by atoms with Crippen LogP contribution >= 0.6 is 11.3 Å². The molecule has 1 unspecified atom stereocenters. The summed E-state index contributed by atoms with van der Waals surface area (Å²) in [7, 11) is 0. The fourth-order valence-electron chi connectivity index (χ4n) is 1.16. The lowest BCUT2D eigenvalue weighted by Crippen LogP contribution is -2.13. The van der Waals surface area contributed by atoms with Crippen molar-refractivity contribution in [2.75, 3.05) is 6.61 Å². The predicted molar refractivity (Wildman–Crippen MR) is 50.2 cm³/mol. The molecule has 12 heavy (non-hydrogen) atoms. The van der Waals surface area contributed by atoms with Crippen LogP contribution in [0.5, 0.6) is 0 Å². The van der Waals surface area contributed by atoms with E-state index in [0.717, 1.165) is 15.6 Å². The number of hydrogen-bond acceptors (Lipinski definition) is 4. The molecule has 0 radical (unpaired) electrons. The van der Waals surface area contributed by atoms with Crippen LogP contribution in [-0.2, 0) is 0 Å². The number of hydrogen-bond donors (Lipinski definition) is 2. The molecule has 1 aromatic heterocycles. The number of aliphatic hydroxyl groups excluding tert-OH is 1. The largest absolute Gasteiger partial charge is 0.396 e. The number of thiazole rings is 1. The van der Waals surface area contributed by atoms with Crippen molar-refractivity contribution >= 4 is 11.3 Å². The Morgan fingerprint density at radius 2 is 2.25 bits per heavy atom. The maximum absolute atomic E-state index is 8.69. The Hall–Kier alpha value is -0.450. The van der Waals surface area contributed by atoms with Gasteiger partial charge in [0.05, 0.1) is 16.7 Å². The predicted octanol–water partition coefficient (Wildman–Crippen LogP) is 1.14. The molecule has 0 aliphatic heterocycles. The van der Waals surface area contributed by atoms with Crippen LogP contribution in [0, 0.1) is 13.8 Å². The molecule has 0 amide bonds. The van der Waals surface area contributed by atoms with Gasteiger partial charge in [0.15, 0.2) is 0 Å². The van der Waals surface area contributed by atoms with Gasteiger partial charge < -0.3 is 10.8 Å². The second-order valence-corrected chi connectivity index (χ2v) is 4.20. The van der Waals surface area contributed by atoms with Crippen LogP contribution in [0.25, 0.3) is 0 Å². The van der Waals surface area contributed by atoms with Crippen molar-refractivity contribution in [3.05, 3.63) is 15.6 Å². The highest BCUT2D eigenvalue weighted by Crippen LogP contribution is 2.22. The van der Waals surface area contributed by atoms with Crippen molar-refractivity contribution in [2.24, 2.45) is 5.73 Å². The summed E-state index contributed by atoms with van der Waals surface area (Å²) in [5.74, 6) is 0. The third kappa shape index (κ3) is 2.03. The third-order valence-electron chi connectivity index (χ3n) is 1.73. The summed E-state index contributed by atoms with van der Waals surface area (Å²) < 4.78 is 0. The molecule has 1 atom stereocenters. The van der Waals surface area contributed by atoms with Crippen molar-refractivity contribution in [1.82, 2.24) is 4.98 Å². The second-order valence-electron chi connectivity index (χ2n) is 2.79. The van der Waals surface area contributed by atoms with E-state index >= 15 is 0 Å². The molecule has 0 spiro atoms. The van der Waals surface area contributed by atoms with Gasteiger partial charge in [0, 0.05) is 11.5 Å². The minimum atomic E-state index is -0.111. The van der Waals surface area contributed by atoms with Crippen molar-refractivity contribution in [1.29, 1.82) is 0 Å². The topological polar surface area (TPSA) is 59.1 Å². The van der Waals surface area contributed by atoms with Crippen LogP contribution in [0.3, 0.4) is 0 Å². The Balaban J connectivity index is 2.79. The van der Waals surface area contributed by atoms with Gasteiger partial charge in [0.1, 0.15) is 0 Å². The lowest BCUT2D eigenvalue weighted by Gasteiger charge is -2.06. The second kappa shape index (κ2) is 3.98. The third-order valence-corrected chi connectivity index (χ3v) is 2.63. The van der Waals surface area contributed by atoms with Gasteiger partial charge in [0.2, 0.25) is 0 Å². The van der Waals surface area contributed by atoms with E-state index in [1.807, 2.05) is 13.8 Å². The summed E-state index contributed by atoms with van der Waals surface area (Å²) in [6, 6.07) is -0.111. The summed E-state index contributed by atoms with van der Waals surface area (Å²) in [5, 5.41) is 9.73. The number of nitrogens with zero attached hydrogens (tertiary/aromatic N) is 1. The minimum absolute atomic E-state index is 0.111. The Labute approximate surface area is 76.3 Å². The van der Waals surface area contributed by atoms with Gasteiger partial charge in [-0.05, 0) is 20.3 Å². The summed E-state index contributed by atoms with van der Waals surface area (Å²) >= 11 is 1.65. The molecular weight excluding hydrogens is 172 g/mol. The standard InChI is InChI=1S/C8H14N2OS/c1-5-8(7(9)3-4-11)10-6(2)12-5/h7,11H,3-4,9H2,1-2H3. The zero-order valence-corrected chi connectivity index (χ0v) is 8.19. The van der Waals surface area contributed by atoms with E-state index in [1.165, 1.54) is 0 Å². The van der Waals surface area contributed by atoms with Crippen LogP contribution in [0.4, 0.5) is 0 Å². The van der Waals surface area contributed by atoms with E-state index in [4.69, 9.17) is 10.8 Å². The highest BCUT2D eigenvalue weighted by molar-refractivity contribution is 7.11. The van der Waals surface area contributed by atoms with Crippen molar-refractivity contribution in [2.45, 2.75) is 26.3 Å². The van der Waals surface area contributed by atoms with Crippen LogP contribution in [0.2, 0.25) is 0 Å². The van der Waals surface area contributed by atoms with Gasteiger partial charge in [0.25, 0.3) is 0 Å². The normalized spacial score (nSPS) is 13.3. The zero-order chi connectivity index (χ0) is 9.14. The average molecular weight is 186 g/mol. The Bertz CT molecular complexity index is 260. The fraction of sp³-hybridized carbons (Fsp3) is 0.625. The van der Waals surface area contributed by atoms with Crippen LogP contribution in [0.15, 0.2) is 0 Å². The number of nitrogens with two attached hydrogens (primary N) is 1. The fourth-order valence-corrected chi connectivity index (χ4v) is 2.05. The van der Waals surface area contributed by atoms with E-state index in [0.29, 0.717) is 6.42 Å². The smallest absolute Gasteiger partial charge is 0.0900 e. The number of aromatic nitrogens is 1. The molecule has 3 N–H and O–H groups in total. The van der Waals surface area contributed by atoms with Crippen LogP contribution in [0.1, 0.15) is 28.0 Å². The quantitative estimate of drug-likeness (QED) is 0.744. The molecule has 0 aliphatic rings. The molecule has 0 fully saturated rings.